The largest absolute Gasteiger partial charge is 0.369 e. The number of amides is 6. The van der Waals surface area contributed by atoms with Crippen molar-refractivity contribution < 1.29 is 38.2 Å². The van der Waals surface area contributed by atoms with Crippen LogP contribution in [0.3, 0.4) is 0 Å². The Morgan fingerprint density at radius 3 is 0.727 bits per heavy atom. The molecular formula is C30H56N6O8. The third kappa shape index (κ3) is 14.5. The predicted molar refractivity (Wildman–Crippen MR) is 167 cm³/mol. The van der Waals surface area contributed by atoms with E-state index in [1.165, 1.54) is 9.80 Å². The molecule has 254 valence electrons. The highest BCUT2D eigenvalue weighted by molar-refractivity contribution is 5.90. The number of hydrogen-bond donors (Lipinski definition) is 0. The van der Waals surface area contributed by atoms with Crippen molar-refractivity contribution in [3.63, 3.8) is 0 Å². The van der Waals surface area contributed by atoms with Crippen LogP contribution in [-0.4, -0.2) is 170 Å². The van der Waals surface area contributed by atoms with Crippen molar-refractivity contribution in [2.24, 2.45) is 0 Å². The van der Waals surface area contributed by atoms with Crippen LogP contribution in [0.25, 0.3) is 0 Å². The van der Waals surface area contributed by atoms with Crippen LogP contribution < -0.4 is 0 Å². The molecule has 0 atom stereocenters. The normalized spacial score (nSPS) is 10.6. The third-order valence-electron chi connectivity index (χ3n) is 7.30. The first-order valence-electron chi connectivity index (χ1n) is 15.8. The van der Waals surface area contributed by atoms with E-state index in [1.54, 1.807) is 19.6 Å². The molecular weight excluding hydrogens is 572 g/mol. The minimum atomic E-state index is -0.516. The summed E-state index contributed by atoms with van der Waals surface area (Å²) in [7, 11) is 0. The molecule has 6 amide bonds. The lowest BCUT2D eigenvalue weighted by atomic mass is 10.3. The van der Waals surface area contributed by atoms with Gasteiger partial charge in [-0.15, -0.1) is 0 Å². The highest BCUT2D eigenvalue weighted by Gasteiger charge is 2.26. The van der Waals surface area contributed by atoms with Gasteiger partial charge in [-0.1, -0.05) is 0 Å². The van der Waals surface area contributed by atoms with Gasteiger partial charge >= 0.3 is 0 Å². The smallest absolute Gasteiger partial charge is 0.249 e. The summed E-state index contributed by atoms with van der Waals surface area (Å²) in [6, 6.07) is 0. The number of nitrogens with zero attached hydrogens (tertiary/aromatic N) is 6. The average Bonchev–Trinajstić information content (AvgIpc) is 3.00. The quantitative estimate of drug-likeness (QED) is 0.146. The van der Waals surface area contributed by atoms with Gasteiger partial charge in [-0.05, 0) is 55.4 Å². The maximum Gasteiger partial charge on any atom is 0.249 e. The number of ether oxygens (including phenoxy) is 2. The second kappa shape index (κ2) is 23.2. The summed E-state index contributed by atoms with van der Waals surface area (Å²) in [4.78, 5) is 85.4. The molecule has 14 heteroatoms. The van der Waals surface area contributed by atoms with Crippen molar-refractivity contribution in [2.75, 3.05) is 105 Å². The molecule has 0 spiro atoms. The van der Waals surface area contributed by atoms with E-state index in [0.717, 1.165) is 0 Å². The van der Waals surface area contributed by atoms with E-state index in [4.69, 9.17) is 9.47 Å². The summed E-state index contributed by atoms with van der Waals surface area (Å²) >= 11 is 0. The molecule has 0 saturated heterocycles. The molecule has 0 bridgehead atoms. The highest BCUT2D eigenvalue weighted by atomic mass is 16.5. The molecule has 0 N–H and O–H groups in total. The van der Waals surface area contributed by atoms with E-state index in [9.17, 15) is 28.8 Å². The topological polar surface area (TPSA) is 140 Å². The Kier molecular flexibility index (Phi) is 21.4. The number of hydrogen-bond acceptors (Lipinski definition) is 8. The lowest BCUT2D eigenvalue weighted by molar-refractivity contribution is -0.149. The first-order chi connectivity index (χ1) is 21.0. The fourth-order valence-corrected chi connectivity index (χ4v) is 4.44. The fourth-order valence-electron chi connectivity index (χ4n) is 4.44. The molecule has 0 aliphatic carbocycles. The van der Waals surface area contributed by atoms with Crippen LogP contribution in [0.1, 0.15) is 55.4 Å². The zero-order chi connectivity index (χ0) is 33.7. The minimum absolute atomic E-state index is 0.0302. The van der Waals surface area contributed by atoms with Gasteiger partial charge in [0.1, 0.15) is 39.4 Å². The molecule has 0 fully saturated rings. The molecule has 0 aromatic heterocycles. The number of rotatable bonds is 23. The van der Waals surface area contributed by atoms with Crippen LogP contribution in [-0.2, 0) is 38.2 Å². The lowest BCUT2D eigenvalue weighted by Gasteiger charge is -2.28. The van der Waals surface area contributed by atoms with Crippen molar-refractivity contribution in [2.45, 2.75) is 55.4 Å². The standard InChI is InChI=1S/C30H56N6O8/c1-9-31(10-2)25(37)19-35(20-26(38)32(11-3)12-4)29(41)23-43-17-18-44-24-30(42)36(21-27(39)33(13-5)14-6)22-28(40)34(15-7)16-8/h9-24H2,1-8H3. The summed E-state index contributed by atoms with van der Waals surface area (Å²) in [5.41, 5.74) is 0. The molecule has 14 nitrogen and oxygen atoms in total. The second-order valence-electron chi connectivity index (χ2n) is 9.87. The first-order valence-corrected chi connectivity index (χ1v) is 15.8. The van der Waals surface area contributed by atoms with Gasteiger partial charge in [-0.25, -0.2) is 0 Å². The van der Waals surface area contributed by atoms with Crippen LogP contribution in [0.4, 0.5) is 0 Å². The van der Waals surface area contributed by atoms with E-state index in [0.29, 0.717) is 52.4 Å². The van der Waals surface area contributed by atoms with E-state index in [2.05, 4.69) is 0 Å². The maximum absolute atomic E-state index is 12.9. The van der Waals surface area contributed by atoms with Gasteiger partial charge in [0, 0.05) is 52.4 Å². The maximum atomic E-state index is 12.9. The molecule has 0 aromatic rings. The van der Waals surface area contributed by atoms with Gasteiger partial charge in [-0.3, -0.25) is 28.8 Å². The van der Waals surface area contributed by atoms with E-state index < -0.39 is 11.8 Å². The Labute approximate surface area is 263 Å². The van der Waals surface area contributed by atoms with E-state index >= 15 is 0 Å². The Morgan fingerprint density at radius 1 is 0.341 bits per heavy atom. The van der Waals surface area contributed by atoms with Crippen LogP contribution in [0.5, 0.6) is 0 Å². The monoisotopic (exact) mass is 628 g/mol. The van der Waals surface area contributed by atoms with Gasteiger partial charge in [0.2, 0.25) is 35.4 Å². The van der Waals surface area contributed by atoms with Gasteiger partial charge in [0.25, 0.3) is 0 Å². The van der Waals surface area contributed by atoms with Gasteiger partial charge in [-0.2, -0.15) is 0 Å². The van der Waals surface area contributed by atoms with Crippen LogP contribution in [0.2, 0.25) is 0 Å². The van der Waals surface area contributed by atoms with Crippen LogP contribution in [0, 0.1) is 0 Å². The predicted octanol–water partition coefficient (Wildman–Crippen LogP) is 0.150. The fraction of sp³-hybridized carbons (Fsp3) is 0.800. The summed E-state index contributed by atoms with van der Waals surface area (Å²) in [5, 5.41) is 0. The third-order valence-corrected chi connectivity index (χ3v) is 7.30. The zero-order valence-corrected chi connectivity index (χ0v) is 28.3. The van der Waals surface area contributed by atoms with Crippen LogP contribution in [0.15, 0.2) is 0 Å². The molecule has 0 aromatic carbocycles. The Hall–Kier alpha value is -3.26. The van der Waals surface area contributed by atoms with Crippen molar-refractivity contribution in [1.82, 2.24) is 29.4 Å². The summed E-state index contributed by atoms with van der Waals surface area (Å²) < 4.78 is 10.9. The number of carbonyl (C=O) groups excluding carboxylic acids is 6. The molecule has 44 heavy (non-hydrogen) atoms. The van der Waals surface area contributed by atoms with Crippen LogP contribution >= 0.6 is 0 Å². The molecule has 0 unspecified atom stereocenters. The van der Waals surface area contributed by atoms with Crippen molar-refractivity contribution in [1.29, 1.82) is 0 Å². The molecule has 0 radical (unpaired) electrons. The van der Waals surface area contributed by atoms with E-state index in [-0.39, 0.29) is 76.2 Å². The summed E-state index contributed by atoms with van der Waals surface area (Å²) in [6.45, 7) is 16.8. The van der Waals surface area contributed by atoms with Crippen molar-refractivity contribution >= 4 is 35.4 Å². The second-order valence-corrected chi connectivity index (χ2v) is 9.87. The van der Waals surface area contributed by atoms with E-state index in [1.807, 2.05) is 55.4 Å². The zero-order valence-electron chi connectivity index (χ0n) is 28.3. The highest BCUT2D eigenvalue weighted by Crippen LogP contribution is 2.02. The Morgan fingerprint density at radius 2 is 0.545 bits per heavy atom. The minimum Gasteiger partial charge on any atom is -0.369 e. The molecule has 0 saturated carbocycles. The van der Waals surface area contributed by atoms with Crippen molar-refractivity contribution in [3.8, 4) is 0 Å². The van der Waals surface area contributed by atoms with Gasteiger partial charge in [0.05, 0.1) is 13.2 Å². The Balaban J connectivity index is 5.14. The lowest BCUT2D eigenvalue weighted by Crippen LogP contribution is -2.49. The number of carbonyl (C=O) groups is 6. The summed E-state index contributed by atoms with van der Waals surface area (Å²) in [6.07, 6.45) is 0. The average molecular weight is 629 g/mol. The van der Waals surface area contributed by atoms with Gasteiger partial charge in [0.15, 0.2) is 0 Å². The molecule has 0 aliphatic heterocycles. The Bertz CT molecular complexity index is 778. The van der Waals surface area contributed by atoms with Gasteiger partial charge < -0.3 is 38.9 Å². The molecule has 0 heterocycles. The molecule has 0 rings (SSSR count). The SMILES string of the molecule is CCN(CC)C(=O)CN(CC(=O)N(CC)CC)C(=O)COCCOCC(=O)N(CC(=O)N(CC)CC)CC(=O)N(CC)CC. The summed E-state index contributed by atoms with van der Waals surface area (Å²) in [5.74, 6) is -2.08. The first kappa shape index (κ1) is 40.7. The number of likely N-dealkylation sites (N-methyl/N-ethyl adjacent to an activating group) is 4. The molecule has 0 aliphatic rings. The van der Waals surface area contributed by atoms with Crippen molar-refractivity contribution in [3.05, 3.63) is 0 Å².